The van der Waals surface area contributed by atoms with Crippen molar-refractivity contribution in [1.29, 1.82) is 0 Å². The summed E-state index contributed by atoms with van der Waals surface area (Å²) >= 11 is 1.98. The van der Waals surface area contributed by atoms with Crippen LogP contribution in [0.5, 0.6) is 0 Å². The molecule has 90 valence electrons. The van der Waals surface area contributed by atoms with Crippen LogP contribution in [0, 0.1) is 0 Å². The molecule has 0 aromatic heterocycles. The monoisotopic (exact) mass is 245 g/mol. The van der Waals surface area contributed by atoms with Gasteiger partial charge in [0.15, 0.2) is 0 Å². The van der Waals surface area contributed by atoms with E-state index in [9.17, 15) is 0 Å². The Morgan fingerprint density at radius 1 is 1.29 bits per heavy atom. The largest absolute Gasteiger partial charge is 0.309 e. The molecule has 1 aliphatic carbocycles. The Balaban J connectivity index is 1.53. The van der Waals surface area contributed by atoms with Crippen molar-refractivity contribution < 1.29 is 0 Å². The predicted octanol–water partition coefficient (Wildman–Crippen LogP) is 3.92. The third kappa shape index (κ3) is 2.58. The summed E-state index contributed by atoms with van der Waals surface area (Å²) in [4.78, 5) is 1.46. The van der Waals surface area contributed by atoms with E-state index in [4.69, 9.17) is 0 Å². The Morgan fingerprint density at radius 3 is 3.12 bits per heavy atom. The molecule has 2 aliphatic rings. The molecule has 1 heterocycles. The molecule has 1 atom stereocenters. The van der Waals surface area contributed by atoms with Crippen LogP contribution in [0.25, 0.3) is 0 Å². The SMILES string of the molecule is C1=C(CCNC2CSc3ccccc32)CCC1. The van der Waals surface area contributed by atoms with Crippen molar-refractivity contribution in [2.45, 2.75) is 36.6 Å². The molecule has 0 spiro atoms. The first-order valence-electron chi connectivity index (χ1n) is 6.56. The first-order chi connectivity index (χ1) is 8.43. The van der Waals surface area contributed by atoms with E-state index in [2.05, 4.69) is 35.7 Å². The van der Waals surface area contributed by atoms with Gasteiger partial charge in [-0.1, -0.05) is 29.8 Å². The van der Waals surface area contributed by atoms with Crippen molar-refractivity contribution in [3.05, 3.63) is 41.5 Å². The number of hydrogen-bond donors (Lipinski definition) is 1. The van der Waals surface area contributed by atoms with Gasteiger partial charge in [-0.05, 0) is 43.9 Å². The maximum Gasteiger partial charge on any atom is 0.0426 e. The van der Waals surface area contributed by atoms with Crippen molar-refractivity contribution in [2.24, 2.45) is 0 Å². The molecule has 0 radical (unpaired) electrons. The van der Waals surface area contributed by atoms with Gasteiger partial charge in [-0.15, -0.1) is 11.8 Å². The third-order valence-corrected chi connectivity index (χ3v) is 4.85. The molecule has 2 heteroatoms. The second-order valence-electron chi connectivity index (χ2n) is 4.86. The molecule has 0 amide bonds. The van der Waals surface area contributed by atoms with Crippen LogP contribution >= 0.6 is 11.8 Å². The lowest BCUT2D eigenvalue weighted by Crippen LogP contribution is -2.22. The van der Waals surface area contributed by atoms with E-state index in [1.807, 2.05) is 11.8 Å². The van der Waals surface area contributed by atoms with Gasteiger partial charge in [0, 0.05) is 16.7 Å². The normalized spacial score (nSPS) is 22.6. The average molecular weight is 245 g/mol. The first kappa shape index (κ1) is 11.4. The standard InChI is InChI=1S/C15H19NS/c1-2-6-12(5-1)9-10-16-14-11-17-15-8-4-3-7-13(14)15/h3-5,7-8,14,16H,1-2,6,9-11H2. The van der Waals surface area contributed by atoms with Crippen LogP contribution in [0.1, 0.15) is 37.3 Å². The lowest BCUT2D eigenvalue weighted by Gasteiger charge is -2.13. The maximum absolute atomic E-state index is 3.70. The number of thioether (sulfide) groups is 1. The Bertz CT molecular complexity index is 425. The molecule has 1 N–H and O–H groups in total. The zero-order chi connectivity index (χ0) is 11.5. The van der Waals surface area contributed by atoms with E-state index >= 15 is 0 Å². The van der Waals surface area contributed by atoms with Crippen LogP contribution < -0.4 is 5.32 Å². The van der Waals surface area contributed by atoms with Crippen LogP contribution in [0.4, 0.5) is 0 Å². The summed E-state index contributed by atoms with van der Waals surface area (Å²) < 4.78 is 0. The maximum atomic E-state index is 3.70. The Labute approximate surface area is 108 Å². The van der Waals surface area contributed by atoms with Crippen LogP contribution in [0.15, 0.2) is 40.8 Å². The van der Waals surface area contributed by atoms with E-state index in [1.165, 1.54) is 41.9 Å². The molecule has 0 fully saturated rings. The van der Waals surface area contributed by atoms with Crippen molar-refractivity contribution in [1.82, 2.24) is 5.32 Å². The molecule has 1 unspecified atom stereocenters. The molecular weight excluding hydrogens is 226 g/mol. The highest BCUT2D eigenvalue weighted by molar-refractivity contribution is 7.99. The summed E-state index contributed by atoms with van der Waals surface area (Å²) in [7, 11) is 0. The highest BCUT2D eigenvalue weighted by Crippen LogP contribution is 2.37. The van der Waals surface area contributed by atoms with E-state index in [-0.39, 0.29) is 0 Å². The number of nitrogens with one attached hydrogen (secondary N) is 1. The van der Waals surface area contributed by atoms with E-state index in [0.717, 1.165) is 6.54 Å². The Kier molecular flexibility index (Phi) is 3.53. The Hall–Kier alpha value is -0.730. The van der Waals surface area contributed by atoms with Crippen LogP contribution in [-0.2, 0) is 0 Å². The van der Waals surface area contributed by atoms with Crippen LogP contribution in [0.3, 0.4) is 0 Å². The molecule has 0 bridgehead atoms. The number of fused-ring (bicyclic) bond motifs is 1. The fourth-order valence-corrected chi connectivity index (χ4v) is 3.90. The summed E-state index contributed by atoms with van der Waals surface area (Å²) in [5, 5.41) is 3.70. The minimum absolute atomic E-state index is 0.568. The van der Waals surface area contributed by atoms with Crippen LogP contribution in [-0.4, -0.2) is 12.3 Å². The molecule has 1 aliphatic heterocycles. The summed E-state index contributed by atoms with van der Waals surface area (Å²) in [5.41, 5.74) is 3.16. The van der Waals surface area contributed by atoms with Gasteiger partial charge in [0.1, 0.15) is 0 Å². The highest BCUT2D eigenvalue weighted by atomic mass is 32.2. The van der Waals surface area contributed by atoms with Gasteiger partial charge in [0.05, 0.1) is 0 Å². The van der Waals surface area contributed by atoms with E-state index in [0.29, 0.717) is 6.04 Å². The molecule has 17 heavy (non-hydrogen) atoms. The minimum Gasteiger partial charge on any atom is -0.309 e. The molecule has 0 saturated carbocycles. The number of rotatable bonds is 4. The molecule has 1 nitrogen and oxygen atoms in total. The predicted molar refractivity (Wildman–Crippen MR) is 74.5 cm³/mol. The molecule has 1 aromatic carbocycles. The fourth-order valence-electron chi connectivity index (χ4n) is 2.70. The van der Waals surface area contributed by atoms with Crippen molar-refractivity contribution in [3.63, 3.8) is 0 Å². The van der Waals surface area contributed by atoms with Gasteiger partial charge >= 0.3 is 0 Å². The van der Waals surface area contributed by atoms with Gasteiger partial charge in [0.25, 0.3) is 0 Å². The second-order valence-corrected chi connectivity index (χ2v) is 5.92. The van der Waals surface area contributed by atoms with Crippen molar-refractivity contribution in [3.8, 4) is 0 Å². The van der Waals surface area contributed by atoms with Gasteiger partial charge in [-0.3, -0.25) is 0 Å². The first-order valence-corrected chi connectivity index (χ1v) is 7.55. The molecule has 0 saturated heterocycles. The van der Waals surface area contributed by atoms with Gasteiger partial charge in [-0.25, -0.2) is 0 Å². The topological polar surface area (TPSA) is 12.0 Å². The van der Waals surface area contributed by atoms with Gasteiger partial charge in [0.2, 0.25) is 0 Å². The minimum atomic E-state index is 0.568. The average Bonchev–Trinajstić information content (AvgIpc) is 2.99. The van der Waals surface area contributed by atoms with Crippen molar-refractivity contribution >= 4 is 11.8 Å². The van der Waals surface area contributed by atoms with E-state index < -0.39 is 0 Å². The second kappa shape index (κ2) is 5.28. The summed E-state index contributed by atoms with van der Waals surface area (Å²) in [6.45, 7) is 1.13. The third-order valence-electron chi connectivity index (χ3n) is 3.67. The molecular formula is C15H19NS. The van der Waals surface area contributed by atoms with Crippen LogP contribution in [0.2, 0.25) is 0 Å². The van der Waals surface area contributed by atoms with Gasteiger partial charge < -0.3 is 5.32 Å². The molecule has 1 aromatic rings. The molecule has 3 rings (SSSR count). The van der Waals surface area contributed by atoms with Crippen molar-refractivity contribution in [2.75, 3.05) is 12.3 Å². The Morgan fingerprint density at radius 2 is 2.24 bits per heavy atom. The highest BCUT2D eigenvalue weighted by Gasteiger charge is 2.21. The smallest absolute Gasteiger partial charge is 0.0426 e. The lowest BCUT2D eigenvalue weighted by molar-refractivity contribution is 0.581. The lowest BCUT2D eigenvalue weighted by atomic mass is 10.1. The fraction of sp³-hybridized carbons (Fsp3) is 0.467. The zero-order valence-corrected chi connectivity index (χ0v) is 10.9. The number of allylic oxidation sites excluding steroid dienone is 1. The van der Waals surface area contributed by atoms with Gasteiger partial charge in [-0.2, -0.15) is 0 Å². The number of benzene rings is 1. The summed E-state index contributed by atoms with van der Waals surface area (Å²) in [6.07, 6.45) is 7.68. The summed E-state index contributed by atoms with van der Waals surface area (Å²) in [6, 6.07) is 9.36. The quantitative estimate of drug-likeness (QED) is 0.807. The number of hydrogen-bond acceptors (Lipinski definition) is 2. The summed E-state index contributed by atoms with van der Waals surface area (Å²) in [5.74, 6) is 1.19. The zero-order valence-electron chi connectivity index (χ0n) is 10.1. The van der Waals surface area contributed by atoms with E-state index in [1.54, 1.807) is 5.57 Å².